The molecule has 0 aliphatic heterocycles. The lowest BCUT2D eigenvalue weighted by molar-refractivity contribution is -0.115. The molecule has 1 aromatic rings. The molecule has 1 aliphatic rings. The summed E-state index contributed by atoms with van der Waals surface area (Å²) in [6, 6.07) is 5.97. The largest absolute Gasteiger partial charge is 0.456 e. The number of alkyl halides is 1. The second kappa shape index (κ2) is 4.60. The van der Waals surface area contributed by atoms with Crippen molar-refractivity contribution in [2.24, 2.45) is 5.92 Å². The van der Waals surface area contributed by atoms with E-state index in [1.165, 1.54) is 12.1 Å². The number of hydrogen-bond acceptors (Lipinski definition) is 3. The molecule has 0 amide bonds. The number of ether oxygens (including phenoxy) is 1. The molecule has 1 atom stereocenters. The molecular formula is C15H19FO3. The first-order valence-electron chi connectivity index (χ1n) is 6.45. The van der Waals surface area contributed by atoms with Crippen molar-refractivity contribution >= 4 is 5.97 Å². The van der Waals surface area contributed by atoms with Crippen molar-refractivity contribution in [3.05, 3.63) is 35.4 Å². The van der Waals surface area contributed by atoms with Crippen molar-refractivity contribution in [3.8, 4) is 0 Å². The molecule has 1 aliphatic carbocycles. The SMILES string of the molecule is CC(C)(C)OC(=O)c1cccc(C(O)(F)C2CC2)c1. The predicted octanol–water partition coefficient (Wildman–Crippen LogP) is 3.17. The van der Waals surface area contributed by atoms with Crippen LogP contribution in [0, 0.1) is 5.92 Å². The third-order valence-corrected chi connectivity index (χ3v) is 3.02. The molecule has 0 spiro atoms. The smallest absolute Gasteiger partial charge is 0.338 e. The van der Waals surface area contributed by atoms with Gasteiger partial charge < -0.3 is 9.84 Å². The number of halogens is 1. The summed E-state index contributed by atoms with van der Waals surface area (Å²) in [5, 5.41) is 9.85. The predicted molar refractivity (Wildman–Crippen MR) is 69.3 cm³/mol. The van der Waals surface area contributed by atoms with Crippen molar-refractivity contribution in [1.29, 1.82) is 0 Å². The minimum absolute atomic E-state index is 0.123. The average Bonchev–Trinajstić information content (AvgIpc) is 3.11. The van der Waals surface area contributed by atoms with Crippen LogP contribution in [0.15, 0.2) is 24.3 Å². The van der Waals surface area contributed by atoms with Crippen LogP contribution in [0.4, 0.5) is 4.39 Å². The van der Waals surface area contributed by atoms with E-state index in [-0.39, 0.29) is 17.0 Å². The van der Waals surface area contributed by atoms with E-state index in [1.54, 1.807) is 32.9 Å². The summed E-state index contributed by atoms with van der Waals surface area (Å²) >= 11 is 0. The highest BCUT2D eigenvalue weighted by molar-refractivity contribution is 5.89. The Labute approximate surface area is 112 Å². The van der Waals surface area contributed by atoms with Gasteiger partial charge in [-0.3, -0.25) is 0 Å². The zero-order chi connectivity index (χ0) is 14.3. The molecule has 1 fully saturated rings. The second-order valence-corrected chi connectivity index (χ2v) is 6.03. The molecule has 0 bridgehead atoms. The van der Waals surface area contributed by atoms with Gasteiger partial charge in [0.05, 0.1) is 5.56 Å². The van der Waals surface area contributed by atoms with E-state index in [1.807, 2.05) is 0 Å². The number of aliphatic hydroxyl groups is 1. The molecule has 1 aromatic carbocycles. The minimum Gasteiger partial charge on any atom is -0.456 e. The lowest BCUT2D eigenvalue weighted by atomic mass is 10.0. The topological polar surface area (TPSA) is 46.5 Å². The summed E-state index contributed by atoms with van der Waals surface area (Å²) in [5.41, 5.74) is -0.224. The summed E-state index contributed by atoms with van der Waals surface area (Å²) in [5.74, 6) is -3.22. The average molecular weight is 266 g/mol. The Bertz CT molecular complexity index is 484. The van der Waals surface area contributed by atoms with Gasteiger partial charge in [-0.15, -0.1) is 0 Å². The summed E-state index contributed by atoms with van der Waals surface area (Å²) < 4.78 is 19.4. The fourth-order valence-corrected chi connectivity index (χ4v) is 1.90. The third-order valence-electron chi connectivity index (χ3n) is 3.02. The third kappa shape index (κ3) is 3.32. The molecule has 0 heterocycles. The van der Waals surface area contributed by atoms with E-state index in [0.717, 1.165) is 0 Å². The Morgan fingerprint density at radius 3 is 2.53 bits per heavy atom. The van der Waals surface area contributed by atoms with Crippen LogP contribution in [0.3, 0.4) is 0 Å². The fraction of sp³-hybridized carbons (Fsp3) is 0.533. The Kier molecular flexibility index (Phi) is 3.39. The van der Waals surface area contributed by atoms with Gasteiger partial charge in [0.1, 0.15) is 5.60 Å². The highest BCUT2D eigenvalue weighted by Gasteiger charge is 2.46. The van der Waals surface area contributed by atoms with Crippen LogP contribution in [-0.4, -0.2) is 16.7 Å². The molecule has 4 heteroatoms. The number of rotatable bonds is 3. The highest BCUT2D eigenvalue weighted by atomic mass is 19.2. The monoisotopic (exact) mass is 266 g/mol. The maximum absolute atomic E-state index is 14.2. The summed E-state index contributed by atoms with van der Waals surface area (Å²) in [4.78, 5) is 11.9. The van der Waals surface area contributed by atoms with Gasteiger partial charge in [-0.25, -0.2) is 9.18 Å². The van der Waals surface area contributed by atoms with Crippen LogP contribution in [-0.2, 0) is 10.6 Å². The number of esters is 1. The second-order valence-electron chi connectivity index (χ2n) is 6.03. The van der Waals surface area contributed by atoms with E-state index in [2.05, 4.69) is 0 Å². The molecule has 1 N–H and O–H groups in total. The number of carbonyl (C=O) groups is 1. The molecule has 19 heavy (non-hydrogen) atoms. The van der Waals surface area contributed by atoms with Gasteiger partial charge in [-0.2, -0.15) is 0 Å². The summed E-state index contributed by atoms with van der Waals surface area (Å²) in [6.45, 7) is 5.30. The Hall–Kier alpha value is -1.42. The van der Waals surface area contributed by atoms with Crippen LogP contribution >= 0.6 is 0 Å². The Morgan fingerprint density at radius 2 is 2.00 bits per heavy atom. The zero-order valence-electron chi connectivity index (χ0n) is 11.4. The Balaban J connectivity index is 2.22. The maximum atomic E-state index is 14.2. The molecule has 2 rings (SSSR count). The van der Waals surface area contributed by atoms with Gasteiger partial charge >= 0.3 is 5.97 Å². The van der Waals surface area contributed by atoms with E-state index >= 15 is 0 Å². The fourth-order valence-electron chi connectivity index (χ4n) is 1.90. The van der Waals surface area contributed by atoms with Gasteiger partial charge in [0, 0.05) is 11.5 Å². The molecule has 0 aromatic heterocycles. The van der Waals surface area contributed by atoms with Crippen molar-refractivity contribution in [2.45, 2.75) is 45.1 Å². The quantitative estimate of drug-likeness (QED) is 0.855. The van der Waals surface area contributed by atoms with E-state index in [4.69, 9.17) is 4.74 Å². The first-order valence-corrected chi connectivity index (χ1v) is 6.45. The normalized spacial score (nSPS) is 18.8. The van der Waals surface area contributed by atoms with Crippen molar-refractivity contribution in [3.63, 3.8) is 0 Å². The highest BCUT2D eigenvalue weighted by Crippen LogP contribution is 2.46. The first-order chi connectivity index (χ1) is 8.70. The van der Waals surface area contributed by atoms with Crippen LogP contribution in [0.1, 0.15) is 49.5 Å². The molecule has 0 saturated heterocycles. The number of carbonyl (C=O) groups excluding carboxylic acids is 1. The van der Waals surface area contributed by atoms with E-state index in [9.17, 15) is 14.3 Å². The zero-order valence-corrected chi connectivity index (χ0v) is 11.4. The van der Waals surface area contributed by atoms with Crippen LogP contribution < -0.4 is 0 Å². The van der Waals surface area contributed by atoms with Crippen molar-refractivity contribution < 1.29 is 19.0 Å². The summed E-state index contributed by atoms with van der Waals surface area (Å²) in [6.07, 6.45) is 1.34. The molecule has 3 nitrogen and oxygen atoms in total. The number of benzene rings is 1. The molecule has 1 saturated carbocycles. The molecule has 0 radical (unpaired) electrons. The first kappa shape index (κ1) is 14.0. The van der Waals surface area contributed by atoms with Crippen LogP contribution in [0.5, 0.6) is 0 Å². The molecule has 1 unspecified atom stereocenters. The Morgan fingerprint density at radius 1 is 1.37 bits per heavy atom. The lowest BCUT2D eigenvalue weighted by Crippen LogP contribution is -2.25. The lowest BCUT2D eigenvalue weighted by Gasteiger charge is -2.21. The minimum atomic E-state index is -2.35. The van der Waals surface area contributed by atoms with Gasteiger partial charge in [0.15, 0.2) is 0 Å². The van der Waals surface area contributed by atoms with Crippen molar-refractivity contribution in [2.75, 3.05) is 0 Å². The van der Waals surface area contributed by atoms with Gasteiger partial charge in [-0.05, 0) is 45.7 Å². The van der Waals surface area contributed by atoms with Gasteiger partial charge in [0.25, 0.3) is 0 Å². The summed E-state index contributed by atoms with van der Waals surface area (Å²) in [7, 11) is 0. The van der Waals surface area contributed by atoms with Crippen LogP contribution in [0.25, 0.3) is 0 Å². The van der Waals surface area contributed by atoms with Gasteiger partial charge in [-0.1, -0.05) is 12.1 Å². The standard InChI is InChI=1S/C15H19FO3/c1-14(2,3)19-13(17)10-5-4-6-12(9-10)15(16,18)11-7-8-11/h4-6,9,11,18H,7-8H2,1-3H3. The molecule has 104 valence electrons. The van der Waals surface area contributed by atoms with Gasteiger partial charge in [0.2, 0.25) is 5.85 Å². The molecular weight excluding hydrogens is 247 g/mol. The maximum Gasteiger partial charge on any atom is 0.338 e. The van der Waals surface area contributed by atoms with Crippen LogP contribution in [0.2, 0.25) is 0 Å². The van der Waals surface area contributed by atoms with E-state index in [0.29, 0.717) is 12.8 Å². The van der Waals surface area contributed by atoms with Crippen molar-refractivity contribution in [1.82, 2.24) is 0 Å². The van der Waals surface area contributed by atoms with E-state index < -0.39 is 17.4 Å². The number of hydrogen-bond donors (Lipinski definition) is 1.